The van der Waals surface area contributed by atoms with E-state index < -0.39 is 23.6 Å². The van der Waals surface area contributed by atoms with Crippen LogP contribution >= 0.6 is 0 Å². The molecule has 2 amide bonds. The fourth-order valence-corrected chi connectivity index (χ4v) is 6.11. The highest BCUT2D eigenvalue weighted by Gasteiger charge is 2.67. The van der Waals surface area contributed by atoms with Crippen molar-refractivity contribution in [1.82, 2.24) is 10.2 Å². The van der Waals surface area contributed by atoms with E-state index in [1.807, 2.05) is 24.3 Å². The lowest BCUT2D eigenvalue weighted by atomic mass is 9.98. The Morgan fingerprint density at radius 1 is 1.03 bits per heavy atom. The van der Waals surface area contributed by atoms with E-state index in [1.54, 1.807) is 0 Å². The van der Waals surface area contributed by atoms with Crippen LogP contribution in [0.1, 0.15) is 49.1 Å². The van der Waals surface area contributed by atoms with Crippen molar-refractivity contribution in [2.24, 2.45) is 11.8 Å². The number of hydrogen-bond acceptors (Lipinski definition) is 4. The topological polar surface area (TPSA) is 95.9 Å². The van der Waals surface area contributed by atoms with Gasteiger partial charge in [0, 0.05) is 12.5 Å². The van der Waals surface area contributed by atoms with Crippen molar-refractivity contribution in [3.05, 3.63) is 59.7 Å². The van der Waals surface area contributed by atoms with Crippen LogP contribution in [-0.4, -0.2) is 52.7 Å². The number of nitrogens with zero attached hydrogens (tertiary/aromatic N) is 1. The quantitative estimate of drug-likeness (QED) is 0.684. The molecule has 0 spiro atoms. The Morgan fingerprint density at radius 2 is 1.68 bits per heavy atom. The van der Waals surface area contributed by atoms with Crippen molar-refractivity contribution in [2.75, 3.05) is 13.2 Å². The number of carbonyl (C=O) groups excluding carboxylic acids is 2. The maximum atomic E-state index is 13.4. The van der Waals surface area contributed by atoms with Gasteiger partial charge in [-0.15, -0.1) is 0 Å². The Bertz CT molecular complexity index is 1130. The van der Waals surface area contributed by atoms with Crippen molar-refractivity contribution >= 4 is 18.0 Å². The van der Waals surface area contributed by atoms with Gasteiger partial charge in [0.15, 0.2) is 0 Å². The van der Waals surface area contributed by atoms with Crippen molar-refractivity contribution in [3.8, 4) is 11.1 Å². The van der Waals surface area contributed by atoms with E-state index in [0.29, 0.717) is 13.0 Å². The first-order valence-corrected chi connectivity index (χ1v) is 12.2. The normalized spacial score (nSPS) is 25.5. The van der Waals surface area contributed by atoms with Crippen LogP contribution < -0.4 is 5.32 Å². The number of nitrogens with one attached hydrogen (secondary N) is 1. The van der Waals surface area contributed by atoms with Gasteiger partial charge in [0.1, 0.15) is 18.2 Å². The molecular formula is C27H28N2O5. The predicted octanol–water partition coefficient (Wildman–Crippen LogP) is 3.77. The average molecular weight is 461 g/mol. The number of rotatable bonds is 6. The van der Waals surface area contributed by atoms with E-state index in [2.05, 4.69) is 29.6 Å². The Hall–Kier alpha value is -3.35. The average Bonchev–Trinajstić information content (AvgIpc) is 3.77. The van der Waals surface area contributed by atoms with Crippen molar-refractivity contribution < 1.29 is 24.2 Å². The van der Waals surface area contributed by atoms with E-state index in [-0.39, 0.29) is 30.3 Å². The first kappa shape index (κ1) is 21.2. The third-order valence-corrected chi connectivity index (χ3v) is 8.10. The molecule has 7 nitrogen and oxygen atoms in total. The number of carboxylic acid groups (broad SMARTS) is 1. The SMILES string of the molecule is O=C(NC(C(=O)N1CCCC2CC21C(=O)O)C1CC1)OCC1c2ccccc2-c2ccccc21. The third-order valence-electron chi connectivity index (χ3n) is 8.10. The summed E-state index contributed by atoms with van der Waals surface area (Å²) in [7, 11) is 0. The van der Waals surface area contributed by atoms with Crippen LogP contribution in [0.5, 0.6) is 0 Å². The van der Waals surface area contributed by atoms with Crippen LogP contribution in [0.4, 0.5) is 4.79 Å². The highest BCUT2D eigenvalue weighted by Crippen LogP contribution is 2.55. The summed E-state index contributed by atoms with van der Waals surface area (Å²) < 4.78 is 5.66. The number of likely N-dealkylation sites (tertiary alicyclic amines) is 1. The minimum atomic E-state index is -1.08. The zero-order chi connectivity index (χ0) is 23.4. The highest BCUT2D eigenvalue weighted by molar-refractivity contribution is 5.94. The molecule has 3 fully saturated rings. The lowest BCUT2D eigenvalue weighted by Crippen LogP contribution is -2.58. The molecule has 7 heteroatoms. The van der Waals surface area contributed by atoms with Gasteiger partial charge in [0.05, 0.1) is 0 Å². The Kier molecular flexibility index (Phi) is 4.90. The van der Waals surface area contributed by atoms with Crippen molar-refractivity contribution in [3.63, 3.8) is 0 Å². The molecule has 2 aromatic carbocycles. The van der Waals surface area contributed by atoms with Crippen LogP contribution in [0.3, 0.4) is 0 Å². The number of amides is 2. The highest BCUT2D eigenvalue weighted by atomic mass is 16.5. The number of carboxylic acids is 1. The molecule has 1 heterocycles. The molecule has 34 heavy (non-hydrogen) atoms. The second-order valence-corrected chi connectivity index (χ2v) is 10.0. The van der Waals surface area contributed by atoms with Gasteiger partial charge >= 0.3 is 12.1 Å². The molecule has 3 aliphatic carbocycles. The summed E-state index contributed by atoms with van der Waals surface area (Å²) in [5, 5.41) is 12.6. The van der Waals surface area contributed by atoms with Gasteiger partial charge in [-0.25, -0.2) is 9.59 Å². The maximum Gasteiger partial charge on any atom is 0.407 e. The summed E-state index contributed by atoms with van der Waals surface area (Å²) in [6.45, 7) is 0.605. The van der Waals surface area contributed by atoms with Gasteiger partial charge in [-0.1, -0.05) is 48.5 Å². The van der Waals surface area contributed by atoms with Crippen molar-refractivity contribution in [2.45, 2.75) is 49.6 Å². The van der Waals surface area contributed by atoms with Crippen LogP contribution in [0, 0.1) is 11.8 Å². The standard InChI is InChI=1S/C27H28N2O5/c30-24(29-13-5-6-17-14-27(17,29)25(31)32)23(16-11-12-16)28-26(33)34-15-22-20-9-3-1-7-18(20)19-8-2-4-10-21(19)22/h1-4,7-10,16-17,22-23H,5-6,11-15H2,(H,28,33)(H,31,32). The van der Waals surface area contributed by atoms with Gasteiger partial charge in [-0.2, -0.15) is 0 Å². The summed E-state index contributed by atoms with van der Waals surface area (Å²) in [6.07, 6.45) is 3.21. The smallest absolute Gasteiger partial charge is 0.407 e. The number of aliphatic carboxylic acids is 1. The molecule has 2 aromatic rings. The number of ether oxygens (including phenoxy) is 1. The summed E-state index contributed by atoms with van der Waals surface area (Å²) in [5.74, 6) is -1.20. The predicted molar refractivity (Wildman–Crippen MR) is 124 cm³/mol. The second-order valence-electron chi connectivity index (χ2n) is 10.0. The third kappa shape index (κ3) is 3.29. The number of piperidine rings is 1. The minimum absolute atomic E-state index is 0.0250. The lowest BCUT2D eigenvalue weighted by molar-refractivity contribution is -0.155. The lowest BCUT2D eigenvalue weighted by Gasteiger charge is -2.36. The summed E-state index contributed by atoms with van der Waals surface area (Å²) >= 11 is 0. The molecule has 0 radical (unpaired) electrons. The number of benzene rings is 2. The van der Waals surface area contributed by atoms with Gasteiger partial charge in [0.25, 0.3) is 0 Å². The first-order valence-electron chi connectivity index (χ1n) is 12.2. The number of fused-ring (bicyclic) bond motifs is 4. The van der Waals surface area contributed by atoms with E-state index in [0.717, 1.165) is 47.9 Å². The minimum Gasteiger partial charge on any atom is -0.479 e. The first-order chi connectivity index (χ1) is 16.5. The number of hydrogen-bond donors (Lipinski definition) is 2. The van der Waals surface area contributed by atoms with Crippen LogP contribution in [0.15, 0.2) is 48.5 Å². The molecule has 176 valence electrons. The summed E-state index contributed by atoms with van der Waals surface area (Å²) in [6, 6.07) is 15.5. The molecule has 4 aliphatic rings. The molecule has 3 atom stereocenters. The van der Waals surface area contributed by atoms with E-state index in [4.69, 9.17) is 4.74 Å². The molecule has 6 rings (SSSR count). The van der Waals surface area contributed by atoms with Gasteiger partial charge < -0.3 is 20.1 Å². The van der Waals surface area contributed by atoms with E-state index >= 15 is 0 Å². The van der Waals surface area contributed by atoms with E-state index in [9.17, 15) is 19.5 Å². The molecule has 1 saturated heterocycles. The summed E-state index contributed by atoms with van der Waals surface area (Å²) in [5.41, 5.74) is 3.48. The zero-order valence-corrected chi connectivity index (χ0v) is 18.9. The maximum absolute atomic E-state index is 13.4. The molecule has 2 saturated carbocycles. The molecule has 2 N–H and O–H groups in total. The fraction of sp³-hybridized carbons (Fsp3) is 0.444. The Morgan fingerprint density at radius 3 is 2.29 bits per heavy atom. The molecular weight excluding hydrogens is 432 g/mol. The molecule has 3 unspecified atom stereocenters. The Balaban J connectivity index is 1.15. The number of alkyl carbamates (subject to hydrolysis) is 1. The number of carbonyl (C=O) groups is 3. The Labute approximate surface area is 198 Å². The van der Waals surface area contributed by atoms with Crippen LogP contribution in [0.2, 0.25) is 0 Å². The van der Waals surface area contributed by atoms with Crippen LogP contribution in [-0.2, 0) is 14.3 Å². The van der Waals surface area contributed by atoms with E-state index in [1.165, 1.54) is 4.90 Å². The van der Waals surface area contributed by atoms with Gasteiger partial charge in [-0.05, 0) is 66.2 Å². The largest absolute Gasteiger partial charge is 0.479 e. The van der Waals surface area contributed by atoms with Gasteiger partial charge in [-0.3, -0.25) is 4.79 Å². The van der Waals surface area contributed by atoms with Gasteiger partial charge in [0.2, 0.25) is 5.91 Å². The van der Waals surface area contributed by atoms with Crippen LogP contribution in [0.25, 0.3) is 11.1 Å². The summed E-state index contributed by atoms with van der Waals surface area (Å²) in [4.78, 5) is 39.8. The monoisotopic (exact) mass is 460 g/mol. The fourth-order valence-electron chi connectivity index (χ4n) is 6.11. The zero-order valence-electron chi connectivity index (χ0n) is 18.9. The second kappa shape index (κ2) is 7.86. The molecule has 1 aliphatic heterocycles. The molecule has 0 aromatic heterocycles. The molecule has 0 bridgehead atoms. The van der Waals surface area contributed by atoms with Crippen molar-refractivity contribution in [1.29, 1.82) is 0 Å².